The van der Waals surface area contributed by atoms with Crippen LogP contribution in [0.5, 0.6) is 5.75 Å². The first-order valence-electron chi connectivity index (χ1n) is 5.41. The van der Waals surface area contributed by atoms with Gasteiger partial charge in [-0.25, -0.2) is 8.78 Å². The molecule has 0 atom stereocenters. The van der Waals surface area contributed by atoms with Gasteiger partial charge >= 0.3 is 0 Å². The second kappa shape index (κ2) is 5.55. The lowest BCUT2D eigenvalue weighted by atomic mass is 10.2. The van der Waals surface area contributed by atoms with E-state index in [9.17, 15) is 8.78 Å². The number of rotatable bonds is 4. The molecule has 94 valence electrons. The van der Waals surface area contributed by atoms with Crippen molar-refractivity contribution in [1.82, 2.24) is 4.98 Å². The average Bonchev–Trinajstić information content (AvgIpc) is 2.40. The second-order valence-electron chi connectivity index (χ2n) is 3.72. The fraction of sp³-hybridized carbons (Fsp3) is 0.154. The van der Waals surface area contributed by atoms with Crippen LogP contribution in [0.2, 0.25) is 0 Å². The molecule has 2 rings (SSSR count). The maximum Gasteiger partial charge on any atom is 0.165 e. The summed E-state index contributed by atoms with van der Waals surface area (Å²) in [5, 5.41) is 0. The van der Waals surface area contributed by atoms with Gasteiger partial charge in [0, 0.05) is 18.8 Å². The summed E-state index contributed by atoms with van der Waals surface area (Å²) in [6.45, 7) is 0.456. The van der Waals surface area contributed by atoms with Crippen LogP contribution in [-0.2, 0) is 13.2 Å². The first kappa shape index (κ1) is 12.4. The van der Waals surface area contributed by atoms with Crippen LogP contribution in [0.1, 0.15) is 11.3 Å². The van der Waals surface area contributed by atoms with E-state index in [1.54, 1.807) is 18.3 Å². The largest absolute Gasteiger partial charge is 0.486 e. The molecule has 0 radical (unpaired) electrons. The van der Waals surface area contributed by atoms with Gasteiger partial charge < -0.3 is 10.5 Å². The van der Waals surface area contributed by atoms with Gasteiger partial charge in [-0.2, -0.15) is 0 Å². The van der Waals surface area contributed by atoms with E-state index < -0.39 is 11.6 Å². The van der Waals surface area contributed by atoms with Crippen molar-refractivity contribution in [2.45, 2.75) is 13.2 Å². The van der Waals surface area contributed by atoms with Crippen LogP contribution in [0.3, 0.4) is 0 Å². The molecule has 3 nitrogen and oxygen atoms in total. The molecule has 2 aromatic rings. The van der Waals surface area contributed by atoms with Gasteiger partial charge in [0.2, 0.25) is 0 Å². The summed E-state index contributed by atoms with van der Waals surface area (Å²) < 4.78 is 31.4. The summed E-state index contributed by atoms with van der Waals surface area (Å²) in [6.07, 6.45) is 1.60. The first-order valence-corrected chi connectivity index (χ1v) is 5.41. The molecule has 0 fully saturated rings. The zero-order chi connectivity index (χ0) is 13.0. The van der Waals surface area contributed by atoms with Gasteiger partial charge in [-0.1, -0.05) is 0 Å². The van der Waals surface area contributed by atoms with E-state index in [0.717, 1.165) is 29.5 Å². The van der Waals surface area contributed by atoms with E-state index in [2.05, 4.69) is 4.98 Å². The Kier molecular flexibility index (Phi) is 3.84. The molecule has 0 aliphatic rings. The minimum atomic E-state index is -0.593. The molecule has 0 aliphatic heterocycles. The normalized spacial score (nSPS) is 10.4. The zero-order valence-corrected chi connectivity index (χ0v) is 9.57. The quantitative estimate of drug-likeness (QED) is 0.906. The summed E-state index contributed by atoms with van der Waals surface area (Å²) >= 11 is 0. The van der Waals surface area contributed by atoms with Crippen LogP contribution in [0.25, 0.3) is 0 Å². The molecular formula is C13H12F2N2O. The topological polar surface area (TPSA) is 48.1 Å². The van der Waals surface area contributed by atoms with Crippen molar-refractivity contribution in [3.8, 4) is 5.75 Å². The monoisotopic (exact) mass is 250 g/mol. The van der Waals surface area contributed by atoms with E-state index >= 15 is 0 Å². The molecule has 0 aliphatic carbocycles. The smallest absolute Gasteiger partial charge is 0.165 e. The van der Waals surface area contributed by atoms with Crippen molar-refractivity contribution in [2.24, 2.45) is 5.73 Å². The van der Waals surface area contributed by atoms with E-state index in [4.69, 9.17) is 10.5 Å². The van der Waals surface area contributed by atoms with Crippen LogP contribution < -0.4 is 10.5 Å². The van der Waals surface area contributed by atoms with E-state index in [1.165, 1.54) is 0 Å². The van der Waals surface area contributed by atoms with Gasteiger partial charge in [-0.05, 0) is 29.8 Å². The Morgan fingerprint density at radius 1 is 1.17 bits per heavy atom. The minimum Gasteiger partial charge on any atom is -0.486 e. The number of nitrogens with two attached hydrogens (primary N) is 1. The summed E-state index contributed by atoms with van der Waals surface area (Å²) in [7, 11) is 0. The maximum atomic E-state index is 13.3. The number of halogens is 2. The van der Waals surface area contributed by atoms with Gasteiger partial charge in [0.25, 0.3) is 0 Å². The van der Waals surface area contributed by atoms with Crippen molar-refractivity contribution < 1.29 is 13.5 Å². The Morgan fingerprint density at radius 2 is 2.00 bits per heavy atom. The summed E-state index contributed by atoms with van der Waals surface area (Å²) in [5.74, 6) is -1.24. The molecule has 0 bridgehead atoms. The SMILES string of the molecule is NCc1cc(COc2cc(F)ccc2F)ccn1. The van der Waals surface area contributed by atoms with Gasteiger partial charge in [0.05, 0.1) is 5.69 Å². The lowest BCUT2D eigenvalue weighted by molar-refractivity contribution is 0.288. The molecule has 1 heterocycles. The number of pyridine rings is 1. The van der Waals surface area contributed by atoms with Gasteiger partial charge in [-0.15, -0.1) is 0 Å². The van der Waals surface area contributed by atoms with Gasteiger partial charge in [0.15, 0.2) is 11.6 Å². The van der Waals surface area contributed by atoms with E-state index in [0.29, 0.717) is 6.54 Å². The van der Waals surface area contributed by atoms with Gasteiger partial charge in [0.1, 0.15) is 12.4 Å². The fourth-order valence-corrected chi connectivity index (χ4v) is 1.48. The molecule has 0 spiro atoms. The molecule has 0 saturated carbocycles. The maximum absolute atomic E-state index is 13.3. The highest BCUT2D eigenvalue weighted by molar-refractivity contribution is 5.25. The molecule has 2 N–H and O–H groups in total. The Morgan fingerprint density at radius 3 is 2.78 bits per heavy atom. The average molecular weight is 250 g/mol. The minimum absolute atomic E-state index is 0.110. The number of benzene rings is 1. The van der Waals surface area contributed by atoms with E-state index in [1.807, 2.05) is 0 Å². The molecule has 1 aromatic carbocycles. The Labute approximate surface area is 103 Å². The Balaban J connectivity index is 2.08. The van der Waals surface area contributed by atoms with Crippen LogP contribution in [-0.4, -0.2) is 4.98 Å². The predicted molar refractivity (Wildman–Crippen MR) is 62.8 cm³/mol. The van der Waals surface area contributed by atoms with Crippen LogP contribution in [0, 0.1) is 11.6 Å². The van der Waals surface area contributed by atoms with Crippen molar-refractivity contribution in [3.05, 3.63) is 59.4 Å². The molecule has 0 saturated heterocycles. The first-order chi connectivity index (χ1) is 8.69. The molecule has 0 amide bonds. The van der Waals surface area contributed by atoms with Crippen LogP contribution in [0.4, 0.5) is 8.78 Å². The molecule has 1 aromatic heterocycles. The summed E-state index contributed by atoms with van der Waals surface area (Å²) in [4.78, 5) is 4.03. The molecule has 5 heteroatoms. The summed E-state index contributed by atoms with van der Waals surface area (Å²) in [5.41, 5.74) is 6.98. The third-order valence-electron chi connectivity index (χ3n) is 2.38. The third-order valence-corrected chi connectivity index (χ3v) is 2.38. The Bertz CT molecular complexity index is 546. The lowest BCUT2D eigenvalue weighted by Crippen LogP contribution is -2.03. The number of hydrogen-bond donors (Lipinski definition) is 1. The van der Waals surface area contributed by atoms with Crippen LogP contribution in [0.15, 0.2) is 36.5 Å². The van der Waals surface area contributed by atoms with E-state index in [-0.39, 0.29) is 12.4 Å². The fourth-order valence-electron chi connectivity index (χ4n) is 1.48. The Hall–Kier alpha value is -2.01. The van der Waals surface area contributed by atoms with Crippen molar-refractivity contribution in [1.29, 1.82) is 0 Å². The molecule has 18 heavy (non-hydrogen) atoms. The molecular weight excluding hydrogens is 238 g/mol. The zero-order valence-electron chi connectivity index (χ0n) is 9.57. The highest BCUT2D eigenvalue weighted by Gasteiger charge is 2.05. The van der Waals surface area contributed by atoms with Crippen LogP contribution >= 0.6 is 0 Å². The number of nitrogens with zero attached hydrogens (tertiary/aromatic N) is 1. The third kappa shape index (κ3) is 3.01. The van der Waals surface area contributed by atoms with Gasteiger partial charge in [-0.3, -0.25) is 4.98 Å². The number of aromatic nitrogens is 1. The number of hydrogen-bond acceptors (Lipinski definition) is 3. The van der Waals surface area contributed by atoms with Crippen molar-refractivity contribution >= 4 is 0 Å². The lowest BCUT2D eigenvalue weighted by Gasteiger charge is -2.08. The van der Waals surface area contributed by atoms with Crippen molar-refractivity contribution in [3.63, 3.8) is 0 Å². The highest BCUT2D eigenvalue weighted by atomic mass is 19.1. The highest BCUT2D eigenvalue weighted by Crippen LogP contribution is 2.19. The standard InChI is InChI=1S/C13H12F2N2O/c14-10-1-2-12(15)13(6-10)18-8-9-3-4-17-11(5-9)7-16/h1-6H,7-8,16H2. The summed E-state index contributed by atoms with van der Waals surface area (Å²) in [6, 6.07) is 6.58. The molecule has 0 unspecified atom stereocenters. The van der Waals surface area contributed by atoms with Crippen molar-refractivity contribution in [2.75, 3.05) is 0 Å². The second-order valence-corrected chi connectivity index (χ2v) is 3.72. The predicted octanol–water partition coefficient (Wildman–Crippen LogP) is 2.40. The number of ether oxygens (including phenoxy) is 1.